The van der Waals surface area contributed by atoms with Crippen LogP contribution in [0.3, 0.4) is 0 Å². The van der Waals surface area contributed by atoms with Crippen molar-refractivity contribution in [1.82, 2.24) is 19.6 Å². The molecule has 1 saturated heterocycles. The molecule has 2 N–H and O–H groups in total. The van der Waals surface area contributed by atoms with Gasteiger partial charge in [0.1, 0.15) is 19.5 Å². The first-order valence-corrected chi connectivity index (χ1v) is 8.41. The molecule has 0 aliphatic carbocycles. The average Bonchev–Trinajstić information content (AvgIpc) is 3.27. The van der Waals surface area contributed by atoms with Crippen molar-refractivity contribution in [2.75, 3.05) is 23.4 Å². The highest BCUT2D eigenvalue weighted by Crippen LogP contribution is 2.26. The highest BCUT2D eigenvalue weighted by molar-refractivity contribution is 6.36. The highest BCUT2D eigenvalue weighted by atomic mass is 16.3. The number of nitrogens with zero attached hydrogens (tertiary/aromatic N) is 5. The number of hydrogen-bond acceptors (Lipinski definition) is 6. The molecule has 0 aromatic carbocycles. The van der Waals surface area contributed by atoms with Gasteiger partial charge in [-0.05, 0) is 29.9 Å². The van der Waals surface area contributed by atoms with Gasteiger partial charge < -0.3 is 15.3 Å². The third-order valence-electron chi connectivity index (χ3n) is 4.56. The van der Waals surface area contributed by atoms with Crippen LogP contribution < -0.4 is 15.7 Å². The van der Waals surface area contributed by atoms with Gasteiger partial charge in [-0.3, -0.25) is 4.98 Å². The van der Waals surface area contributed by atoms with Crippen molar-refractivity contribution in [2.45, 2.75) is 25.4 Å². The molecule has 7 nitrogen and oxygen atoms in total. The van der Waals surface area contributed by atoms with Crippen molar-refractivity contribution < 1.29 is 5.11 Å². The molecular formula is C17H19BN6O. The second-order valence-electron chi connectivity index (χ2n) is 6.22. The molecule has 1 atom stereocenters. The van der Waals surface area contributed by atoms with E-state index >= 15 is 0 Å². The molecule has 0 unspecified atom stereocenters. The number of anilines is 2. The minimum absolute atomic E-state index is 0.102. The zero-order valence-corrected chi connectivity index (χ0v) is 13.8. The van der Waals surface area contributed by atoms with E-state index in [1.54, 1.807) is 16.9 Å². The number of aromatic nitrogens is 4. The molecular weight excluding hydrogens is 315 g/mol. The van der Waals surface area contributed by atoms with Gasteiger partial charge >= 0.3 is 0 Å². The lowest BCUT2D eigenvalue weighted by atomic mass is 10.0. The van der Waals surface area contributed by atoms with Crippen LogP contribution in [0.5, 0.6) is 0 Å². The Bertz CT molecular complexity index is 868. The molecule has 0 amide bonds. The summed E-state index contributed by atoms with van der Waals surface area (Å²) >= 11 is 0. The van der Waals surface area contributed by atoms with E-state index in [0.717, 1.165) is 36.6 Å². The van der Waals surface area contributed by atoms with E-state index < -0.39 is 0 Å². The maximum atomic E-state index is 9.61. The Hall–Kier alpha value is -2.61. The Kier molecular flexibility index (Phi) is 4.27. The molecule has 0 saturated carbocycles. The van der Waals surface area contributed by atoms with Gasteiger partial charge in [0.25, 0.3) is 0 Å². The number of pyridine rings is 1. The summed E-state index contributed by atoms with van der Waals surface area (Å²) < 4.78 is 1.71. The normalized spacial score (nSPS) is 17.3. The van der Waals surface area contributed by atoms with Gasteiger partial charge in [0, 0.05) is 37.7 Å². The van der Waals surface area contributed by atoms with E-state index in [1.165, 1.54) is 0 Å². The molecule has 3 aromatic rings. The van der Waals surface area contributed by atoms with Crippen molar-refractivity contribution >= 4 is 30.6 Å². The van der Waals surface area contributed by atoms with Crippen LogP contribution in [0.4, 0.5) is 11.6 Å². The summed E-state index contributed by atoms with van der Waals surface area (Å²) in [6, 6.07) is 5.99. The molecule has 1 aliphatic rings. The molecule has 4 heterocycles. The first-order valence-electron chi connectivity index (χ1n) is 8.41. The molecule has 126 valence electrons. The number of nitrogens with one attached hydrogen (secondary N) is 1. The summed E-state index contributed by atoms with van der Waals surface area (Å²) in [5, 5.41) is 17.3. The van der Waals surface area contributed by atoms with Crippen LogP contribution >= 0.6 is 0 Å². The van der Waals surface area contributed by atoms with E-state index in [1.807, 2.05) is 24.4 Å². The van der Waals surface area contributed by atoms with Gasteiger partial charge in [0.15, 0.2) is 5.65 Å². The lowest BCUT2D eigenvalue weighted by molar-refractivity contribution is 0.266. The monoisotopic (exact) mass is 334 g/mol. The van der Waals surface area contributed by atoms with E-state index in [9.17, 15) is 5.11 Å². The van der Waals surface area contributed by atoms with Crippen molar-refractivity contribution in [3.63, 3.8) is 0 Å². The molecule has 1 fully saturated rings. The molecule has 3 aromatic heterocycles. The molecule has 0 bridgehead atoms. The lowest BCUT2D eigenvalue weighted by Crippen LogP contribution is -2.33. The van der Waals surface area contributed by atoms with Crippen molar-refractivity contribution in [3.8, 4) is 0 Å². The van der Waals surface area contributed by atoms with Gasteiger partial charge in [-0.25, -0.2) is 4.98 Å². The van der Waals surface area contributed by atoms with Gasteiger partial charge in [0.05, 0.1) is 12.6 Å². The van der Waals surface area contributed by atoms with Crippen LogP contribution in [0, 0.1) is 0 Å². The summed E-state index contributed by atoms with van der Waals surface area (Å²) in [5.41, 5.74) is 2.23. The smallest absolute Gasteiger partial charge is 0.152 e. The fourth-order valence-corrected chi connectivity index (χ4v) is 3.26. The van der Waals surface area contributed by atoms with Gasteiger partial charge in [0.2, 0.25) is 0 Å². The Balaban J connectivity index is 1.69. The summed E-state index contributed by atoms with van der Waals surface area (Å²) in [4.78, 5) is 10.9. The predicted octanol–water partition coefficient (Wildman–Crippen LogP) is 0.491. The van der Waals surface area contributed by atoms with Gasteiger partial charge in [-0.15, -0.1) is 0 Å². The van der Waals surface area contributed by atoms with Crippen molar-refractivity contribution in [2.24, 2.45) is 0 Å². The predicted molar refractivity (Wildman–Crippen MR) is 97.4 cm³/mol. The molecule has 1 aliphatic heterocycles. The Labute approximate surface area is 147 Å². The molecule has 2 radical (unpaired) electrons. The van der Waals surface area contributed by atoms with Crippen LogP contribution in [-0.2, 0) is 6.54 Å². The summed E-state index contributed by atoms with van der Waals surface area (Å²) in [5.74, 6) is 1.62. The fraction of sp³-hybridized carbons (Fsp3) is 0.353. The largest absolute Gasteiger partial charge is 0.394 e. The first-order chi connectivity index (χ1) is 12.3. The van der Waals surface area contributed by atoms with Crippen LogP contribution in [0.2, 0.25) is 0 Å². The third kappa shape index (κ3) is 3.05. The first kappa shape index (κ1) is 15.9. The molecule has 4 rings (SSSR count). The quantitative estimate of drug-likeness (QED) is 0.662. The number of fused-ring (bicyclic) bond motifs is 1. The number of aliphatic hydroxyl groups excluding tert-OH is 1. The number of hydrogen-bond donors (Lipinski definition) is 2. The molecule has 0 spiro atoms. The SMILES string of the molecule is [B]c1cnn2c(NCc3cccnc3)cc(N3CCC[C@@H]3CO)nc12. The Morgan fingerprint density at radius 3 is 3.08 bits per heavy atom. The van der Waals surface area contributed by atoms with Gasteiger partial charge in [-0.1, -0.05) is 6.07 Å². The van der Waals surface area contributed by atoms with Crippen molar-refractivity contribution in [1.29, 1.82) is 0 Å². The minimum Gasteiger partial charge on any atom is -0.394 e. The average molecular weight is 334 g/mol. The Morgan fingerprint density at radius 2 is 2.28 bits per heavy atom. The molecule has 25 heavy (non-hydrogen) atoms. The fourth-order valence-electron chi connectivity index (χ4n) is 3.26. The number of rotatable bonds is 5. The van der Waals surface area contributed by atoms with Crippen LogP contribution in [0.25, 0.3) is 5.65 Å². The second-order valence-corrected chi connectivity index (χ2v) is 6.22. The van der Waals surface area contributed by atoms with Gasteiger partial charge in [-0.2, -0.15) is 9.61 Å². The summed E-state index contributed by atoms with van der Waals surface area (Å²) in [6.45, 7) is 1.63. The van der Waals surface area contributed by atoms with Crippen LogP contribution in [-0.4, -0.2) is 51.7 Å². The standard InChI is InChI=1S/C17H19BN6O/c18-14-10-21-24-15(20-9-12-3-1-5-19-8-12)7-16(22-17(14)24)23-6-2-4-13(23)11-25/h1,3,5,7-8,10,13,20,25H,2,4,6,9,11H2/t13-/m1/s1. The van der Waals surface area contributed by atoms with E-state index in [4.69, 9.17) is 7.85 Å². The second kappa shape index (κ2) is 6.72. The van der Waals surface area contributed by atoms with E-state index in [2.05, 4.69) is 25.3 Å². The van der Waals surface area contributed by atoms with E-state index in [-0.39, 0.29) is 12.6 Å². The highest BCUT2D eigenvalue weighted by Gasteiger charge is 2.26. The summed E-state index contributed by atoms with van der Waals surface area (Å²) in [6.07, 6.45) is 7.20. The van der Waals surface area contributed by atoms with Crippen LogP contribution in [0.1, 0.15) is 18.4 Å². The maximum absolute atomic E-state index is 9.61. The van der Waals surface area contributed by atoms with E-state index in [0.29, 0.717) is 17.7 Å². The maximum Gasteiger partial charge on any atom is 0.152 e. The minimum atomic E-state index is 0.102. The lowest BCUT2D eigenvalue weighted by Gasteiger charge is -2.25. The van der Waals surface area contributed by atoms with Crippen molar-refractivity contribution in [3.05, 3.63) is 42.4 Å². The summed E-state index contributed by atoms with van der Waals surface area (Å²) in [7, 11) is 6.04. The third-order valence-corrected chi connectivity index (χ3v) is 4.56. The topological polar surface area (TPSA) is 78.6 Å². The number of aliphatic hydroxyl groups is 1. The zero-order chi connectivity index (χ0) is 17.2. The molecule has 8 heteroatoms. The Morgan fingerprint density at radius 1 is 1.36 bits per heavy atom. The van der Waals surface area contributed by atoms with Crippen LogP contribution in [0.15, 0.2) is 36.8 Å². The zero-order valence-electron chi connectivity index (χ0n) is 13.8.